The van der Waals surface area contributed by atoms with Crippen LogP contribution in [0.1, 0.15) is 77.6 Å². The van der Waals surface area contributed by atoms with Crippen LogP contribution in [0.4, 0.5) is 0 Å². The van der Waals surface area contributed by atoms with E-state index < -0.39 is 5.97 Å². The fourth-order valence-electron chi connectivity index (χ4n) is 4.92. The van der Waals surface area contributed by atoms with E-state index in [9.17, 15) is 4.79 Å². The first kappa shape index (κ1) is 21.8. The van der Waals surface area contributed by atoms with Crippen molar-refractivity contribution in [1.29, 1.82) is 0 Å². The van der Waals surface area contributed by atoms with Gasteiger partial charge in [0.15, 0.2) is 0 Å². The molecule has 3 rings (SSSR count). The third kappa shape index (κ3) is 6.04. The first-order valence-corrected chi connectivity index (χ1v) is 11.5. The van der Waals surface area contributed by atoms with Gasteiger partial charge in [0, 0.05) is 19.6 Å². The van der Waals surface area contributed by atoms with Gasteiger partial charge in [-0.1, -0.05) is 44.8 Å². The average Bonchev–Trinajstić information content (AvgIpc) is 3.30. The van der Waals surface area contributed by atoms with Crippen LogP contribution in [0.5, 0.6) is 0 Å². The number of allylic oxidation sites excluding steroid dienone is 2. The predicted molar refractivity (Wildman–Crippen MR) is 108 cm³/mol. The van der Waals surface area contributed by atoms with Crippen LogP contribution in [0.3, 0.4) is 0 Å². The summed E-state index contributed by atoms with van der Waals surface area (Å²) in [5, 5.41) is 8.70. The van der Waals surface area contributed by atoms with E-state index in [0.717, 1.165) is 38.9 Å². The van der Waals surface area contributed by atoms with Crippen LogP contribution in [0.25, 0.3) is 0 Å². The summed E-state index contributed by atoms with van der Waals surface area (Å²) in [5.74, 6) is 0.443. The largest absolute Gasteiger partial charge is 0.481 e. The van der Waals surface area contributed by atoms with Crippen LogP contribution in [-0.4, -0.2) is 48.7 Å². The van der Waals surface area contributed by atoms with E-state index >= 15 is 0 Å². The highest BCUT2D eigenvalue weighted by molar-refractivity contribution is 5.66. The standard InChI is InChI=1S/C23H38O5/c1-2-3-4-10-15-26-16-11-9-13-18-17(12-7-5-6-8-14-19(24)25)20-22-23(28-22)21(18)27-20/h5,7,17-18,20-23H,2-4,6,8-16H2,1H3,(H,24,25)/t17-,18+,20+,21-,22-,23+/m0/s1. The zero-order valence-corrected chi connectivity index (χ0v) is 17.4. The Hall–Kier alpha value is -0.910. The minimum absolute atomic E-state index is 0.252. The highest BCUT2D eigenvalue weighted by atomic mass is 16.7. The van der Waals surface area contributed by atoms with Gasteiger partial charge in [0.05, 0.1) is 12.2 Å². The van der Waals surface area contributed by atoms with Crippen molar-refractivity contribution in [3.8, 4) is 0 Å². The lowest BCUT2D eigenvalue weighted by Crippen LogP contribution is -2.32. The normalized spacial score (nSPS) is 32.9. The summed E-state index contributed by atoms with van der Waals surface area (Å²) in [6.07, 6.45) is 17.1. The van der Waals surface area contributed by atoms with Crippen molar-refractivity contribution in [2.45, 2.75) is 102 Å². The Labute approximate surface area is 169 Å². The molecule has 0 aromatic carbocycles. The molecule has 0 unspecified atom stereocenters. The van der Waals surface area contributed by atoms with Crippen molar-refractivity contribution < 1.29 is 24.1 Å². The van der Waals surface area contributed by atoms with Crippen LogP contribution in [0.2, 0.25) is 0 Å². The smallest absolute Gasteiger partial charge is 0.303 e. The second-order valence-corrected chi connectivity index (χ2v) is 8.62. The molecule has 1 N–H and O–H groups in total. The fourth-order valence-corrected chi connectivity index (χ4v) is 4.92. The molecule has 0 aromatic heterocycles. The molecule has 160 valence electrons. The Balaban J connectivity index is 1.31. The molecule has 0 radical (unpaired) electrons. The van der Waals surface area contributed by atoms with Gasteiger partial charge in [-0.25, -0.2) is 0 Å². The van der Waals surface area contributed by atoms with Crippen molar-refractivity contribution in [2.24, 2.45) is 11.8 Å². The number of carboxylic acid groups (broad SMARTS) is 1. The van der Waals surface area contributed by atoms with Gasteiger partial charge in [0.1, 0.15) is 12.2 Å². The molecule has 3 fully saturated rings. The number of ether oxygens (including phenoxy) is 3. The van der Waals surface area contributed by atoms with Gasteiger partial charge in [0.25, 0.3) is 0 Å². The molecule has 0 saturated carbocycles. The van der Waals surface area contributed by atoms with Crippen molar-refractivity contribution in [2.75, 3.05) is 13.2 Å². The topological polar surface area (TPSA) is 68.3 Å². The third-order valence-corrected chi connectivity index (χ3v) is 6.47. The van der Waals surface area contributed by atoms with Crippen molar-refractivity contribution in [3.63, 3.8) is 0 Å². The minimum Gasteiger partial charge on any atom is -0.481 e. The average molecular weight is 395 g/mol. The van der Waals surface area contributed by atoms with Crippen LogP contribution in [0, 0.1) is 11.8 Å². The molecule has 5 heteroatoms. The number of epoxide rings is 1. The molecule has 5 nitrogen and oxygen atoms in total. The SMILES string of the molecule is CCCCCCOCCCC[C@@H]1[C@H](CC=CCCCC(=O)O)[C@H]2O[C@@H]1[C@H]1O[C@H]12. The Morgan fingerprint density at radius 3 is 2.36 bits per heavy atom. The summed E-state index contributed by atoms with van der Waals surface area (Å²) in [6.45, 7) is 4.02. The number of unbranched alkanes of at least 4 members (excludes halogenated alkanes) is 5. The summed E-state index contributed by atoms with van der Waals surface area (Å²) < 4.78 is 17.8. The maximum absolute atomic E-state index is 10.6. The zero-order valence-electron chi connectivity index (χ0n) is 17.4. The molecule has 6 atom stereocenters. The van der Waals surface area contributed by atoms with Gasteiger partial charge in [-0.15, -0.1) is 0 Å². The van der Waals surface area contributed by atoms with Crippen LogP contribution in [0.15, 0.2) is 12.2 Å². The maximum atomic E-state index is 10.6. The Kier molecular flexibility index (Phi) is 8.81. The van der Waals surface area contributed by atoms with Gasteiger partial charge < -0.3 is 19.3 Å². The van der Waals surface area contributed by atoms with Crippen LogP contribution in [-0.2, 0) is 19.0 Å². The molecule has 3 heterocycles. The summed E-state index contributed by atoms with van der Waals surface area (Å²) in [7, 11) is 0. The van der Waals surface area contributed by atoms with Gasteiger partial charge in [-0.2, -0.15) is 0 Å². The Morgan fingerprint density at radius 2 is 1.61 bits per heavy atom. The summed E-state index contributed by atoms with van der Waals surface area (Å²) >= 11 is 0. The summed E-state index contributed by atoms with van der Waals surface area (Å²) in [5.41, 5.74) is 0. The molecular formula is C23H38O5. The zero-order chi connectivity index (χ0) is 19.8. The number of aliphatic carboxylic acids is 1. The van der Waals surface area contributed by atoms with Crippen LogP contribution < -0.4 is 0 Å². The molecule has 3 aliphatic heterocycles. The van der Waals surface area contributed by atoms with E-state index in [1.165, 1.54) is 38.5 Å². The minimum atomic E-state index is -0.711. The lowest BCUT2D eigenvalue weighted by molar-refractivity contribution is -0.137. The Morgan fingerprint density at radius 1 is 0.893 bits per heavy atom. The maximum Gasteiger partial charge on any atom is 0.303 e. The second kappa shape index (κ2) is 11.3. The van der Waals surface area contributed by atoms with Gasteiger partial charge >= 0.3 is 5.97 Å². The van der Waals surface area contributed by atoms with E-state index in [0.29, 0.717) is 30.1 Å². The van der Waals surface area contributed by atoms with Gasteiger partial charge in [-0.05, 0) is 50.4 Å². The number of hydrogen-bond donors (Lipinski definition) is 1. The number of hydrogen-bond acceptors (Lipinski definition) is 4. The van der Waals surface area contributed by atoms with Crippen molar-refractivity contribution in [3.05, 3.63) is 12.2 Å². The van der Waals surface area contributed by atoms with E-state index in [2.05, 4.69) is 19.1 Å². The molecule has 28 heavy (non-hydrogen) atoms. The van der Waals surface area contributed by atoms with Crippen molar-refractivity contribution >= 4 is 5.97 Å². The molecule has 0 amide bonds. The molecular weight excluding hydrogens is 356 g/mol. The number of carboxylic acids is 1. The Bertz CT molecular complexity index is 505. The fraction of sp³-hybridized carbons (Fsp3) is 0.870. The quantitative estimate of drug-likeness (QED) is 0.233. The monoisotopic (exact) mass is 394 g/mol. The predicted octanol–water partition coefficient (Wildman–Crippen LogP) is 4.74. The van der Waals surface area contributed by atoms with Crippen LogP contribution >= 0.6 is 0 Å². The molecule has 0 aliphatic carbocycles. The second-order valence-electron chi connectivity index (χ2n) is 8.62. The lowest BCUT2D eigenvalue weighted by Gasteiger charge is -2.25. The molecule has 2 bridgehead atoms. The number of carbonyl (C=O) groups is 1. The van der Waals surface area contributed by atoms with E-state index in [1.54, 1.807) is 0 Å². The van der Waals surface area contributed by atoms with Crippen molar-refractivity contribution in [1.82, 2.24) is 0 Å². The molecule has 3 saturated heterocycles. The molecule has 3 aliphatic rings. The molecule has 0 aromatic rings. The van der Waals surface area contributed by atoms with E-state index in [1.807, 2.05) is 0 Å². The summed E-state index contributed by atoms with van der Waals surface area (Å²) in [6, 6.07) is 0. The van der Waals surface area contributed by atoms with E-state index in [-0.39, 0.29) is 12.5 Å². The molecule has 0 spiro atoms. The third-order valence-electron chi connectivity index (χ3n) is 6.47. The first-order chi connectivity index (χ1) is 13.7. The van der Waals surface area contributed by atoms with Gasteiger partial charge in [-0.3, -0.25) is 4.79 Å². The van der Waals surface area contributed by atoms with E-state index in [4.69, 9.17) is 19.3 Å². The highest BCUT2D eigenvalue weighted by Gasteiger charge is 2.68. The number of fused-ring (bicyclic) bond motifs is 5. The van der Waals surface area contributed by atoms with Gasteiger partial charge in [0.2, 0.25) is 0 Å². The number of rotatable bonds is 16. The lowest BCUT2D eigenvalue weighted by atomic mass is 9.75. The first-order valence-electron chi connectivity index (χ1n) is 11.5. The summed E-state index contributed by atoms with van der Waals surface area (Å²) in [4.78, 5) is 10.6. The highest BCUT2D eigenvalue weighted by Crippen LogP contribution is 2.56.